The van der Waals surface area contributed by atoms with Crippen molar-refractivity contribution in [2.24, 2.45) is 0 Å². The van der Waals surface area contributed by atoms with Crippen molar-refractivity contribution in [1.82, 2.24) is 9.21 Å². The molecule has 0 spiro atoms. The van der Waals surface area contributed by atoms with E-state index in [1.807, 2.05) is 47.4 Å². The fourth-order valence-corrected chi connectivity index (χ4v) is 5.17. The highest BCUT2D eigenvalue weighted by atomic mass is 32.2. The van der Waals surface area contributed by atoms with Gasteiger partial charge in [0, 0.05) is 55.8 Å². The van der Waals surface area contributed by atoms with Gasteiger partial charge in [-0.2, -0.15) is 4.31 Å². The number of carbonyl (C=O) groups excluding carboxylic acids is 2. The summed E-state index contributed by atoms with van der Waals surface area (Å²) >= 11 is 0. The minimum absolute atomic E-state index is 0.00965. The summed E-state index contributed by atoms with van der Waals surface area (Å²) in [5, 5.41) is 1.25. The molecule has 168 valence electrons. The van der Waals surface area contributed by atoms with Crippen molar-refractivity contribution >= 4 is 33.5 Å². The van der Waals surface area contributed by atoms with Crippen molar-refractivity contribution < 1.29 is 18.0 Å². The summed E-state index contributed by atoms with van der Waals surface area (Å²) in [6, 6.07) is 16.5. The quantitative estimate of drug-likeness (QED) is 0.603. The number of piperazine rings is 1. The minimum Gasteiger partial charge on any atom is -0.312 e. The summed E-state index contributed by atoms with van der Waals surface area (Å²) in [7, 11) is -3.49. The van der Waals surface area contributed by atoms with Crippen molar-refractivity contribution in [2.45, 2.75) is 12.8 Å². The SMILES string of the molecule is O=C(CN1CCN(S(=O)(=O)/C=C/c2ccccc2)CC1)c1ccc(N2CCCC2=O)cc1. The van der Waals surface area contributed by atoms with Gasteiger partial charge in [0.25, 0.3) is 0 Å². The Labute approximate surface area is 189 Å². The number of hydrogen-bond acceptors (Lipinski definition) is 5. The predicted octanol–water partition coefficient (Wildman–Crippen LogP) is 2.61. The first-order chi connectivity index (χ1) is 15.4. The van der Waals surface area contributed by atoms with Crippen LogP contribution in [0.4, 0.5) is 5.69 Å². The zero-order valence-electron chi connectivity index (χ0n) is 17.9. The van der Waals surface area contributed by atoms with Gasteiger partial charge in [-0.05, 0) is 42.3 Å². The molecule has 2 heterocycles. The van der Waals surface area contributed by atoms with Crippen molar-refractivity contribution in [3.8, 4) is 0 Å². The van der Waals surface area contributed by atoms with E-state index in [1.54, 1.807) is 23.1 Å². The fourth-order valence-electron chi connectivity index (χ4n) is 4.00. The highest BCUT2D eigenvalue weighted by Crippen LogP contribution is 2.22. The molecule has 1 amide bonds. The molecular formula is C24H27N3O4S. The van der Waals surface area contributed by atoms with E-state index in [2.05, 4.69) is 0 Å². The molecule has 7 nitrogen and oxygen atoms in total. The van der Waals surface area contributed by atoms with Crippen LogP contribution in [-0.4, -0.2) is 68.6 Å². The van der Waals surface area contributed by atoms with E-state index < -0.39 is 10.0 Å². The maximum absolute atomic E-state index is 12.7. The Hall–Kier alpha value is -2.81. The number of carbonyl (C=O) groups is 2. The normalized spacial score (nSPS) is 18.5. The standard InChI is InChI=1S/C24H27N3O4S/c28-23(21-8-10-22(11-9-21)27-13-4-7-24(27)29)19-25-14-16-26(17-15-25)32(30,31)18-12-20-5-2-1-3-6-20/h1-3,5-6,8-12,18H,4,7,13-17,19H2/b18-12+. The van der Waals surface area contributed by atoms with Gasteiger partial charge in [0.1, 0.15) is 0 Å². The second-order valence-corrected chi connectivity index (χ2v) is 9.87. The smallest absolute Gasteiger partial charge is 0.236 e. The number of anilines is 1. The topological polar surface area (TPSA) is 78.0 Å². The van der Waals surface area contributed by atoms with E-state index in [0.717, 1.165) is 24.2 Å². The number of amides is 1. The van der Waals surface area contributed by atoms with Gasteiger partial charge >= 0.3 is 0 Å². The minimum atomic E-state index is -3.49. The maximum Gasteiger partial charge on any atom is 0.236 e. The van der Waals surface area contributed by atoms with Crippen LogP contribution in [0.25, 0.3) is 6.08 Å². The number of nitrogens with zero attached hydrogens (tertiary/aromatic N) is 3. The molecule has 0 bridgehead atoms. The number of ketones is 1. The Morgan fingerprint density at radius 3 is 2.22 bits per heavy atom. The van der Waals surface area contributed by atoms with E-state index in [4.69, 9.17) is 0 Å². The van der Waals surface area contributed by atoms with Crippen LogP contribution < -0.4 is 4.90 Å². The Bertz CT molecular complexity index is 1090. The lowest BCUT2D eigenvalue weighted by Gasteiger charge is -2.32. The van der Waals surface area contributed by atoms with Gasteiger partial charge in [0.2, 0.25) is 15.9 Å². The van der Waals surface area contributed by atoms with Gasteiger partial charge in [0.15, 0.2) is 5.78 Å². The number of Topliss-reactive ketones (excluding diaryl/α,β-unsaturated/α-hetero) is 1. The molecule has 0 atom stereocenters. The van der Waals surface area contributed by atoms with Gasteiger partial charge < -0.3 is 4.90 Å². The lowest BCUT2D eigenvalue weighted by Crippen LogP contribution is -2.49. The van der Waals surface area contributed by atoms with Crippen molar-refractivity contribution in [2.75, 3.05) is 44.2 Å². The summed E-state index contributed by atoms with van der Waals surface area (Å²) in [4.78, 5) is 28.3. The molecule has 8 heteroatoms. The molecule has 2 fully saturated rings. The molecule has 0 unspecified atom stereocenters. The monoisotopic (exact) mass is 453 g/mol. The van der Waals surface area contributed by atoms with E-state index in [0.29, 0.717) is 38.2 Å². The third-order valence-electron chi connectivity index (χ3n) is 5.86. The summed E-state index contributed by atoms with van der Waals surface area (Å²) < 4.78 is 26.7. The Morgan fingerprint density at radius 1 is 0.906 bits per heavy atom. The Kier molecular flexibility index (Phi) is 6.83. The third kappa shape index (κ3) is 5.32. The lowest BCUT2D eigenvalue weighted by molar-refractivity contribution is -0.117. The van der Waals surface area contributed by atoms with Crippen LogP contribution >= 0.6 is 0 Å². The fraction of sp³-hybridized carbons (Fsp3) is 0.333. The molecule has 0 aliphatic carbocycles. The molecule has 0 aromatic heterocycles. The zero-order chi connectivity index (χ0) is 22.6. The second-order valence-electron chi connectivity index (χ2n) is 8.05. The highest BCUT2D eigenvalue weighted by Gasteiger charge is 2.26. The van der Waals surface area contributed by atoms with Crippen LogP contribution in [-0.2, 0) is 14.8 Å². The number of hydrogen-bond donors (Lipinski definition) is 0. The van der Waals surface area contributed by atoms with E-state index in [1.165, 1.54) is 9.71 Å². The molecule has 2 saturated heterocycles. The average Bonchev–Trinajstić information content (AvgIpc) is 3.25. The van der Waals surface area contributed by atoms with Crippen LogP contribution in [0.1, 0.15) is 28.8 Å². The molecule has 2 aromatic rings. The molecule has 32 heavy (non-hydrogen) atoms. The van der Waals surface area contributed by atoms with E-state index in [-0.39, 0.29) is 18.2 Å². The Balaban J connectivity index is 1.29. The third-order valence-corrected chi connectivity index (χ3v) is 7.43. The first-order valence-corrected chi connectivity index (χ1v) is 12.3. The summed E-state index contributed by atoms with van der Waals surface area (Å²) in [5.41, 5.74) is 2.26. The van der Waals surface area contributed by atoms with Crippen LogP contribution in [0.5, 0.6) is 0 Å². The largest absolute Gasteiger partial charge is 0.312 e. The van der Waals surface area contributed by atoms with Gasteiger partial charge in [-0.1, -0.05) is 30.3 Å². The average molecular weight is 454 g/mol. The molecule has 2 aromatic carbocycles. The molecule has 0 N–H and O–H groups in total. The van der Waals surface area contributed by atoms with Crippen molar-refractivity contribution in [1.29, 1.82) is 0 Å². The van der Waals surface area contributed by atoms with Crippen LogP contribution in [0.15, 0.2) is 60.0 Å². The van der Waals surface area contributed by atoms with E-state index in [9.17, 15) is 18.0 Å². The Morgan fingerprint density at radius 2 is 1.59 bits per heavy atom. The lowest BCUT2D eigenvalue weighted by atomic mass is 10.1. The predicted molar refractivity (Wildman–Crippen MR) is 125 cm³/mol. The molecule has 2 aliphatic rings. The van der Waals surface area contributed by atoms with Gasteiger partial charge in [-0.3, -0.25) is 14.5 Å². The van der Waals surface area contributed by atoms with Crippen LogP contribution in [0.2, 0.25) is 0 Å². The first kappa shape index (κ1) is 22.4. The number of sulfonamides is 1. The van der Waals surface area contributed by atoms with Crippen LogP contribution in [0, 0.1) is 0 Å². The summed E-state index contributed by atoms with van der Waals surface area (Å²) in [6.45, 7) is 2.68. The summed E-state index contributed by atoms with van der Waals surface area (Å²) in [6.07, 6.45) is 3.04. The first-order valence-electron chi connectivity index (χ1n) is 10.8. The second kappa shape index (κ2) is 9.77. The van der Waals surface area contributed by atoms with Gasteiger partial charge in [-0.25, -0.2) is 8.42 Å². The van der Waals surface area contributed by atoms with Crippen molar-refractivity contribution in [3.63, 3.8) is 0 Å². The molecule has 0 saturated carbocycles. The van der Waals surface area contributed by atoms with Crippen molar-refractivity contribution in [3.05, 3.63) is 71.1 Å². The summed E-state index contributed by atoms with van der Waals surface area (Å²) in [5.74, 6) is 0.111. The van der Waals surface area contributed by atoms with Gasteiger partial charge in [0.05, 0.1) is 6.54 Å². The van der Waals surface area contributed by atoms with E-state index >= 15 is 0 Å². The molecule has 2 aliphatic heterocycles. The highest BCUT2D eigenvalue weighted by molar-refractivity contribution is 7.92. The maximum atomic E-state index is 12.7. The number of rotatable bonds is 7. The molecule has 4 rings (SSSR count). The van der Waals surface area contributed by atoms with Gasteiger partial charge in [-0.15, -0.1) is 0 Å². The zero-order valence-corrected chi connectivity index (χ0v) is 18.7. The molecule has 0 radical (unpaired) electrons. The molecular weight excluding hydrogens is 426 g/mol. The van der Waals surface area contributed by atoms with Crippen LogP contribution in [0.3, 0.4) is 0 Å². The number of benzene rings is 2.